The molecular formula is C25H26N4O5. The predicted octanol–water partition coefficient (Wildman–Crippen LogP) is 2.77. The van der Waals surface area contributed by atoms with Crippen molar-refractivity contribution in [2.45, 2.75) is 31.3 Å². The molecule has 0 saturated heterocycles. The molecule has 0 radical (unpaired) electrons. The van der Waals surface area contributed by atoms with E-state index in [1.807, 2.05) is 48.5 Å². The van der Waals surface area contributed by atoms with E-state index in [0.717, 1.165) is 22.3 Å². The lowest BCUT2D eigenvalue weighted by molar-refractivity contribution is -0.137. The van der Waals surface area contributed by atoms with Crippen LogP contribution in [0.25, 0.3) is 11.1 Å². The van der Waals surface area contributed by atoms with Gasteiger partial charge in [-0.25, -0.2) is 4.79 Å². The molecular weight excluding hydrogens is 436 g/mol. The van der Waals surface area contributed by atoms with E-state index in [9.17, 15) is 14.4 Å². The predicted molar refractivity (Wildman–Crippen MR) is 124 cm³/mol. The first kappa shape index (κ1) is 23.0. The maximum Gasteiger partial charge on any atom is 0.407 e. The van der Waals surface area contributed by atoms with Crippen LogP contribution in [0.15, 0.2) is 67.0 Å². The molecule has 0 aliphatic heterocycles. The highest BCUT2D eigenvalue weighted by Crippen LogP contribution is 2.44. The fraction of sp³-hybridized carbons (Fsp3) is 0.280. The minimum absolute atomic E-state index is 0.0485. The number of amides is 2. The van der Waals surface area contributed by atoms with Crippen molar-refractivity contribution in [3.8, 4) is 11.1 Å². The maximum atomic E-state index is 12.6. The van der Waals surface area contributed by atoms with E-state index < -0.39 is 24.0 Å². The molecule has 2 amide bonds. The van der Waals surface area contributed by atoms with Crippen LogP contribution in [0, 0.1) is 0 Å². The highest BCUT2D eigenvalue weighted by molar-refractivity contribution is 5.86. The van der Waals surface area contributed by atoms with Gasteiger partial charge in [0.25, 0.3) is 0 Å². The number of carboxylic acids is 1. The van der Waals surface area contributed by atoms with Crippen LogP contribution >= 0.6 is 0 Å². The van der Waals surface area contributed by atoms with Crippen LogP contribution in [0.2, 0.25) is 0 Å². The molecule has 4 rings (SSSR count). The second-order valence-corrected chi connectivity index (χ2v) is 8.02. The fourth-order valence-corrected chi connectivity index (χ4v) is 4.17. The topological polar surface area (TPSA) is 123 Å². The Morgan fingerprint density at radius 1 is 1.03 bits per heavy atom. The Bertz CT molecular complexity index is 1120. The second-order valence-electron chi connectivity index (χ2n) is 8.02. The monoisotopic (exact) mass is 462 g/mol. The Balaban J connectivity index is 1.36. The van der Waals surface area contributed by atoms with Gasteiger partial charge in [0.15, 0.2) is 0 Å². The SMILES string of the molecule is O=C(O)CCC(NC(=O)OCC1c2ccccc2-c2ccccc21)C(=O)NCCn1cccn1. The first-order valence-corrected chi connectivity index (χ1v) is 11.1. The van der Waals surface area contributed by atoms with E-state index in [1.54, 1.807) is 23.1 Å². The summed E-state index contributed by atoms with van der Waals surface area (Å²) in [5.41, 5.74) is 4.39. The number of carbonyl (C=O) groups excluding carboxylic acids is 2. The number of aliphatic carboxylic acids is 1. The maximum absolute atomic E-state index is 12.6. The van der Waals surface area contributed by atoms with Crippen LogP contribution in [0.3, 0.4) is 0 Å². The molecule has 176 valence electrons. The van der Waals surface area contributed by atoms with E-state index in [1.165, 1.54) is 0 Å². The number of carbonyl (C=O) groups is 3. The van der Waals surface area contributed by atoms with Gasteiger partial charge in [-0.3, -0.25) is 14.3 Å². The summed E-state index contributed by atoms with van der Waals surface area (Å²) in [4.78, 5) is 36.2. The normalized spacial score (nSPS) is 12.9. The van der Waals surface area contributed by atoms with Crippen LogP contribution in [0.4, 0.5) is 4.79 Å². The number of fused-ring (bicyclic) bond motifs is 3. The van der Waals surface area contributed by atoms with Gasteiger partial charge in [0.1, 0.15) is 12.6 Å². The number of rotatable bonds is 10. The Morgan fingerprint density at radius 2 is 1.71 bits per heavy atom. The molecule has 2 aromatic carbocycles. The number of benzene rings is 2. The molecule has 1 heterocycles. The number of nitrogens with one attached hydrogen (secondary N) is 2. The van der Waals surface area contributed by atoms with Crippen molar-refractivity contribution in [3.05, 3.63) is 78.1 Å². The molecule has 1 aliphatic rings. The number of carboxylic acid groups (broad SMARTS) is 1. The van der Waals surface area contributed by atoms with Gasteiger partial charge in [-0.05, 0) is 34.7 Å². The summed E-state index contributed by atoms with van der Waals surface area (Å²) in [6.45, 7) is 0.845. The Morgan fingerprint density at radius 3 is 2.32 bits per heavy atom. The standard InChI is InChI=1S/C25H26N4O5/c30-23(31)11-10-22(24(32)26-13-15-29-14-5-12-27-29)28-25(33)34-16-21-19-8-3-1-6-17(19)18-7-2-4-9-20(18)21/h1-9,12,14,21-22H,10-11,13,15-16H2,(H,26,32)(H,28,33)(H,30,31). The largest absolute Gasteiger partial charge is 0.481 e. The molecule has 34 heavy (non-hydrogen) atoms. The van der Waals surface area contributed by atoms with Gasteiger partial charge in [0, 0.05) is 31.3 Å². The lowest BCUT2D eigenvalue weighted by Crippen LogP contribution is -2.48. The Hall–Kier alpha value is -4.14. The third kappa shape index (κ3) is 5.43. The number of hydrogen-bond acceptors (Lipinski definition) is 5. The van der Waals surface area contributed by atoms with Crippen molar-refractivity contribution in [2.75, 3.05) is 13.2 Å². The van der Waals surface area contributed by atoms with Crippen LogP contribution in [0.1, 0.15) is 29.9 Å². The Labute approximate surface area is 196 Å². The quantitative estimate of drug-likeness (QED) is 0.426. The van der Waals surface area contributed by atoms with E-state index in [2.05, 4.69) is 15.7 Å². The summed E-state index contributed by atoms with van der Waals surface area (Å²) < 4.78 is 7.16. The van der Waals surface area contributed by atoms with Gasteiger partial charge < -0.3 is 20.5 Å². The molecule has 1 unspecified atom stereocenters. The van der Waals surface area contributed by atoms with Crippen LogP contribution in [0.5, 0.6) is 0 Å². The Kier molecular flexibility index (Phi) is 7.22. The first-order chi connectivity index (χ1) is 16.5. The summed E-state index contributed by atoms with van der Waals surface area (Å²) in [6, 6.07) is 16.7. The lowest BCUT2D eigenvalue weighted by Gasteiger charge is -2.19. The minimum atomic E-state index is -1.05. The van der Waals surface area contributed by atoms with Crippen molar-refractivity contribution in [1.82, 2.24) is 20.4 Å². The summed E-state index contributed by atoms with van der Waals surface area (Å²) >= 11 is 0. The van der Waals surface area contributed by atoms with Gasteiger partial charge in [0.05, 0.1) is 6.54 Å². The third-order valence-electron chi connectivity index (χ3n) is 5.80. The van der Waals surface area contributed by atoms with Crippen molar-refractivity contribution in [3.63, 3.8) is 0 Å². The molecule has 0 saturated carbocycles. The second kappa shape index (κ2) is 10.7. The van der Waals surface area contributed by atoms with E-state index >= 15 is 0 Å². The molecule has 1 aromatic heterocycles. The third-order valence-corrected chi connectivity index (χ3v) is 5.80. The molecule has 3 N–H and O–H groups in total. The average molecular weight is 463 g/mol. The molecule has 3 aromatic rings. The number of nitrogens with zero attached hydrogens (tertiary/aromatic N) is 2. The van der Waals surface area contributed by atoms with Crippen molar-refractivity contribution in [2.24, 2.45) is 0 Å². The molecule has 9 heteroatoms. The summed E-state index contributed by atoms with van der Waals surface area (Å²) in [5.74, 6) is -1.64. The number of ether oxygens (including phenoxy) is 1. The number of alkyl carbamates (subject to hydrolysis) is 1. The summed E-state index contributed by atoms with van der Waals surface area (Å²) in [7, 11) is 0. The fourth-order valence-electron chi connectivity index (χ4n) is 4.17. The van der Waals surface area contributed by atoms with Gasteiger partial charge in [-0.1, -0.05) is 48.5 Å². The van der Waals surface area contributed by atoms with Crippen LogP contribution < -0.4 is 10.6 Å². The highest BCUT2D eigenvalue weighted by Gasteiger charge is 2.29. The number of aromatic nitrogens is 2. The minimum Gasteiger partial charge on any atom is -0.481 e. The molecule has 0 fully saturated rings. The summed E-state index contributed by atoms with van der Waals surface area (Å²) in [6.07, 6.45) is 2.33. The summed E-state index contributed by atoms with van der Waals surface area (Å²) in [5, 5.41) is 18.3. The van der Waals surface area contributed by atoms with Gasteiger partial charge >= 0.3 is 12.1 Å². The van der Waals surface area contributed by atoms with E-state index in [0.29, 0.717) is 6.54 Å². The zero-order valence-electron chi connectivity index (χ0n) is 18.5. The highest BCUT2D eigenvalue weighted by atomic mass is 16.5. The first-order valence-electron chi connectivity index (χ1n) is 11.1. The van der Waals surface area contributed by atoms with Crippen molar-refractivity contribution < 1.29 is 24.2 Å². The smallest absolute Gasteiger partial charge is 0.407 e. The van der Waals surface area contributed by atoms with E-state index in [-0.39, 0.29) is 31.9 Å². The van der Waals surface area contributed by atoms with Gasteiger partial charge in [0.2, 0.25) is 5.91 Å². The van der Waals surface area contributed by atoms with Crippen molar-refractivity contribution >= 4 is 18.0 Å². The van der Waals surface area contributed by atoms with Crippen LogP contribution in [-0.4, -0.2) is 52.1 Å². The zero-order chi connectivity index (χ0) is 23.9. The molecule has 1 atom stereocenters. The molecule has 9 nitrogen and oxygen atoms in total. The molecule has 0 bridgehead atoms. The van der Waals surface area contributed by atoms with Crippen LogP contribution in [-0.2, 0) is 20.9 Å². The average Bonchev–Trinajstić information content (AvgIpc) is 3.46. The van der Waals surface area contributed by atoms with Crippen molar-refractivity contribution in [1.29, 1.82) is 0 Å². The molecule has 1 aliphatic carbocycles. The van der Waals surface area contributed by atoms with Gasteiger partial charge in [-0.2, -0.15) is 5.10 Å². The van der Waals surface area contributed by atoms with E-state index in [4.69, 9.17) is 9.84 Å². The zero-order valence-corrected chi connectivity index (χ0v) is 18.5. The lowest BCUT2D eigenvalue weighted by atomic mass is 9.98. The number of hydrogen-bond donors (Lipinski definition) is 3. The van der Waals surface area contributed by atoms with Gasteiger partial charge in [-0.15, -0.1) is 0 Å². The molecule has 0 spiro atoms.